The Bertz CT molecular complexity index is 707. The van der Waals surface area contributed by atoms with Gasteiger partial charge in [-0.15, -0.1) is 0 Å². The van der Waals surface area contributed by atoms with Crippen molar-refractivity contribution in [3.63, 3.8) is 0 Å². The predicted octanol–water partition coefficient (Wildman–Crippen LogP) is 5.20. The molecule has 1 aliphatic heterocycles. The molecule has 3 nitrogen and oxygen atoms in total. The maximum Gasteiger partial charge on any atom is 0.119 e. The molecule has 3 heteroatoms. The van der Waals surface area contributed by atoms with Crippen LogP contribution >= 0.6 is 0 Å². The van der Waals surface area contributed by atoms with Crippen LogP contribution in [0.3, 0.4) is 0 Å². The Hall–Kier alpha value is -1.84. The average molecular weight is 382 g/mol. The van der Waals surface area contributed by atoms with Crippen LogP contribution in [0.4, 0.5) is 0 Å². The maximum absolute atomic E-state index is 12.2. The lowest BCUT2D eigenvalue weighted by atomic mass is 9.72. The first-order valence-electron chi connectivity index (χ1n) is 10.8. The van der Waals surface area contributed by atoms with Crippen LogP contribution in [0.15, 0.2) is 54.6 Å². The highest BCUT2D eigenvalue weighted by atomic mass is 16.5. The molecule has 152 valence electrons. The first-order valence-corrected chi connectivity index (χ1v) is 10.8. The van der Waals surface area contributed by atoms with E-state index in [0.717, 1.165) is 37.4 Å². The molecule has 2 atom stereocenters. The molecule has 0 radical (unpaired) electrons. The van der Waals surface area contributed by atoms with Crippen molar-refractivity contribution in [3.05, 3.63) is 65.7 Å². The largest absolute Gasteiger partial charge is 0.494 e. The van der Waals surface area contributed by atoms with E-state index in [0.29, 0.717) is 12.5 Å². The van der Waals surface area contributed by atoms with Crippen molar-refractivity contribution in [3.8, 4) is 5.75 Å². The Labute approximate surface area is 170 Å². The van der Waals surface area contributed by atoms with Crippen molar-refractivity contribution < 1.29 is 9.84 Å². The molecule has 0 amide bonds. The molecule has 2 aromatic rings. The summed E-state index contributed by atoms with van der Waals surface area (Å²) in [6.45, 7) is 10.2. The van der Waals surface area contributed by atoms with Gasteiger partial charge in [0, 0.05) is 12.5 Å². The third-order valence-corrected chi connectivity index (χ3v) is 5.80. The molecule has 0 unspecified atom stereocenters. The number of benzene rings is 2. The lowest BCUT2D eigenvalue weighted by molar-refractivity contribution is -0.0214. The molecule has 1 heterocycles. The van der Waals surface area contributed by atoms with E-state index in [1.807, 2.05) is 31.2 Å². The number of rotatable bonds is 9. The highest BCUT2D eigenvalue weighted by molar-refractivity contribution is 5.35. The molecule has 0 bridgehead atoms. The SMILES string of the molecule is CCOc1ccc([C@@](O)(CC(C)C)[C@@H](CN2CCCC2)c2ccccc2)cc1. The van der Waals surface area contributed by atoms with Gasteiger partial charge in [0.15, 0.2) is 0 Å². The number of hydrogen-bond donors (Lipinski definition) is 1. The van der Waals surface area contributed by atoms with Crippen molar-refractivity contribution in [2.75, 3.05) is 26.2 Å². The van der Waals surface area contributed by atoms with E-state index in [4.69, 9.17) is 4.74 Å². The van der Waals surface area contributed by atoms with Crippen LogP contribution in [-0.4, -0.2) is 36.2 Å². The Balaban J connectivity index is 2.00. The minimum Gasteiger partial charge on any atom is -0.494 e. The molecular weight excluding hydrogens is 346 g/mol. The fourth-order valence-electron chi connectivity index (χ4n) is 4.53. The van der Waals surface area contributed by atoms with Crippen LogP contribution < -0.4 is 4.74 Å². The van der Waals surface area contributed by atoms with Crippen LogP contribution in [0.25, 0.3) is 0 Å². The molecular formula is C25H35NO2. The average Bonchev–Trinajstić information content (AvgIpc) is 3.20. The van der Waals surface area contributed by atoms with Crippen molar-refractivity contribution in [1.29, 1.82) is 0 Å². The second-order valence-electron chi connectivity index (χ2n) is 8.45. The summed E-state index contributed by atoms with van der Waals surface area (Å²) in [5.74, 6) is 1.28. The minimum atomic E-state index is -0.914. The molecule has 1 fully saturated rings. The lowest BCUT2D eigenvalue weighted by Crippen LogP contribution is -2.41. The number of nitrogens with zero attached hydrogens (tertiary/aromatic N) is 1. The van der Waals surface area contributed by atoms with Crippen molar-refractivity contribution >= 4 is 0 Å². The smallest absolute Gasteiger partial charge is 0.119 e. The Morgan fingerprint density at radius 3 is 2.21 bits per heavy atom. The van der Waals surface area contributed by atoms with Gasteiger partial charge in [-0.3, -0.25) is 0 Å². The molecule has 2 aromatic carbocycles. The zero-order chi connectivity index (χ0) is 20.0. The summed E-state index contributed by atoms with van der Waals surface area (Å²) in [5.41, 5.74) is 1.28. The minimum absolute atomic E-state index is 0.0344. The summed E-state index contributed by atoms with van der Waals surface area (Å²) < 4.78 is 5.62. The van der Waals surface area contributed by atoms with Gasteiger partial charge < -0.3 is 14.7 Å². The van der Waals surface area contributed by atoms with E-state index in [9.17, 15) is 5.11 Å². The standard InChI is InChI=1S/C25H35NO2/c1-4-28-23-14-12-22(13-15-23)25(27,18-20(2)3)24(19-26-16-8-9-17-26)21-10-6-5-7-11-21/h5-7,10-15,20,24,27H,4,8-9,16-19H2,1-3H3/t24-,25-/m0/s1. The van der Waals surface area contributed by atoms with Crippen molar-refractivity contribution in [2.24, 2.45) is 5.92 Å². The van der Waals surface area contributed by atoms with Gasteiger partial charge >= 0.3 is 0 Å². The highest BCUT2D eigenvalue weighted by Gasteiger charge is 2.41. The molecule has 1 saturated heterocycles. The monoisotopic (exact) mass is 381 g/mol. The summed E-state index contributed by atoms with van der Waals surface area (Å²) in [6.07, 6.45) is 3.24. The number of aliphatic hydroxyl groups is 1. The normalized spacial score (nSPS) is 18.2. The first kappa shape index (κ1) is 20.9. The highest BCUT2D eigenvalue weighted by Crippen LogP contribution is 2.43. The Kier molecular flexibility index (Phi) is 7.14. The Morgan fingerprint density at radius 1 is 1.00 bits per heavy atom. The molecule has 0 spiro atoms. The van der Waals surface area contributed by atoms with E-state index in [1.54, 1.807) is 0 Å². The zero-order valence-electron chi connectivity index (χ0n) is 17.6. The van der Waals surface area contributed by atoms with E-state index in [1.165, 1.54) is 18.4 Å². The summed E-state index contributed by atoms with van der Waals surface area (Å²) in [7, 11) is 0. The van der Waals surface area contributed by atoms with Crippen LogP contribution in [0.1, 0.15) is 57.1 Å². The molecule has 3 rings (SSSR count). The summed E-state index contributed by atoms with van der Waals surface area (Å²) in [5, 5.41) is 12.2. The van der Waals surface area contributed by atoms with E-state index in [2.05, 4.69) is 49.1 Å². The number of hydrogen-bond acceptors (Lipinski definition) is 3. The zero-order valence-corrected chi connectivity index (χ0v) is 17.6. The summed E-state index contributed by atoms with van der Waals surface area (Å²) in [4.78, 5) is 2.51. The fraction of sp³-hybridized carbons (Fsp3) is 0.520. The van der Waals surface area contributed by atoms with Crippen LogP contribution in [0.2, 0.25) is 0 Å². The molecule has 1 N–H and O–H groups in total. The van der Waals surface area contributed by atoms with E-state index in [-0.39, 0.29) is 5.92 Å². The van der Waals surface area contributed by atoms with Crippen LogP contribution in [-0.2, 0) is 5.60 Å². The lowest BCUT2D eigenvalue weighted by Gasteiger charge is -2.40. The van der Waals surface area contributed by atoms with Crippen LogP contribution in [0.5, 0.6) is 5.75 Å². The summed E-state index contributed by atoms with van der Waals surface area (Å²) >= 11 is 0. The molecule has 1 aliphatic rings. The van der Waals surface area contributed by atoms with Crippen LogP contribution in [0, 0.1) is 5.92 Å². The first-order chi connectivity index (χ1) is 13.5. The third-order valence-electron chi connectivity index (χ3n) is 5.80. The second-order valence-corrected chi connectivity index (χ2v) is 8.45. The fourth-order valence-corrected chi connectivity index (χ4v) is 4.53. The number of likely N-dealkylation sites (tertiary alicyclic amines) is 1. The van der Waals surface area contributed by atoms with Gasteiger partial charge in [0.2, 0.25) is 0 Å². The molecule has 0 saturated carbocycles. The quantitative estimate of drug-likeness (QED) is 0.648. The van der Waals surface area contributed by atoms with Gasteiger partial charge in [-0.05, 0) is 68.5 Å². The maximum atomic E-state index is 12.2. The molecule has 28 heavy (non-hydrogen) atoms. The Morgan fingerprint density at radius 2 is 1.64 bits per heavy atom. The predicted molar refractivity (Wildman–Crippen MR) is 116 cm³/mol. The molecule has 0 aliphatic carbocycles. The van der Waals surface area contributed by atoms with E-state index < -0.39 is 5.60 Å². The van der Waals surface area contributed by atoms with Gasteiger partial charge in [0.1, 0.15) is 5.75 Å². The molecule has 0 aromatic heterocycles. The van der Waals surface area contributed by atoms with E-state index >= 15 is 0 Å². The summed E-state index contributed by atoms with van der Waals surface area (Å²) in [6, 6.07) is 18.6. The van der Waals surface area contributed by atoms with Crippen molar-refractivity contribution in [1.82, 2.24) is 4.90 Å². The van der Waals surface area contributed by atoms with Gasteiger partial charge in [0.05, 0.1) is 12.2 Å². The van der Waals surface area contributed by atoms with Crippen molar-refractivity contribution in [2.45, 2.75) is 51.6 Å². The number of ether oxygens (including phenoxy) is 1. The third kappa shape index (κ3) is 4.95. The van der Waals surface area contributed by atoms with Gasteiger partial charge in [-0.1, -0.05) is 56.3 Å². The van der Waals surface area contributed by atoms with Gasteiger partial charge in [0.25, 0.3) is 0 Å². The topological polar surface area (TPSA) is 32.7 Å². The van der Waals surface area contributed by atoms with Gasteiger partial charge in [-0.2, -0.15) is 0 Å². The van der Waals surface area contributed by atoms with Gasteiger partial charge in [-0.25, -0.2) is 0 Å². The second kappa shape index (κ2) is 9.58.